The summed E-state index contributed by atoms with van der Waals surface area (Å²) in [5, 5.41) is 5.19. The monoisotopic (exact) mass is 396 g/mol. The zero-order chi connectivity index (χ0) is 19.8. The van der Waals surface area contributed by atoms with Gasteiger partial charge in [0, 0.05) is 24.7 Å². The second kappa shape index (κ2) is 6.90. The number of halogens is 1. The molecular weight excluding hydrogens is 384 g/mol. The van der Waals surface area contributed by atoms with Crippen LogP contribution < -0.4 is 11.1 Å². The zero-order valence-corrected chi connectivity index (χ0v) is 15.4. The fraction of sp³-hybridized carbons (Fsp3) is 0.105. The Hall–Kier alpha value is -3.52. The number of carbonyl (C=O) groups excluding carboxylic acids is 1. The first-order valence-corrected chi connectivity index (χ1v) is 8.63. The summed E-state index contributed by atoms with van der Waals surface area (Å²) in [4.78, 5) is 41.2. The third-order valence-electron chi connectivity index (χ3n) is 4.18. The number of esters is 1. The van der Waals surface area contributed by atoms with Crippen molar-refractivity contribution in [2.75, 3.05) is 0 Å². The molecule has 9 heteroatoms. The molecule has 3 aromatic heterocycles. The van der Waals surface area contributed by atoms with E-state index in [2.05, 4.69) is 10.1 Å². The van der Waals surface area contributed by atoms with Gasteiger partial charge in [-0.1, -0.05) is 29.8 Å². The normalized spacial score (nSPS) is 11.1. The average Bonchev–Trinajstić information content (AvgIpc) is 2.69. The van der Waals surface area contributed by atoms with Crippen molar-refractivity contribution in [3.63, 3.8) is 0 Å². The van der Waals surface area contributed by atoms with Crippen LogP contribution in [0.15, 0.2) is 58.3 Å². The molecule has 1 aromatic carbocycles. The van der Waals surface area contributed by atoms with Crippen LogP contribution >= 0.6 is 11.6 Å². The van der Waals surface area contributed by atoms with Gasteiger partial charge in [0.05, 0.1) is 16.1 Å². The van der Waals surface area contributed by atoms with Crippen LogP contribution in [0.2, 0.25) is 5.02 Å². The molecule has 4 rings (SSSR count). The summed E-state index contributed by atoms with van der Waals surface area (Å²) < 4.78 is 7.68. The molecule has 0 spiro atoms. The van der Waals surface area contributed by atoms with Crippen LogP contribution in [0.3, 0.4) is 0 Å². The smallest absolute Gasteiger partial charge is 0.359 e. The van der Waals surface area contributed by atoms with Gasteiger partial charge in [-0.05, 0) is 18.2 Å². The second-order valence-electron chi connectivity index (χ2n) is 6.06. The minimum atomic E-state index is -0.718. The Kier molecular flexibility index (Phi) is 4.40. The first kappa shape index (κ1) is 17.9. The zero-order valence-electron chi connectivity index (χ0n) is 14.6. The summed E-state index contributed by atoms with van der Waals surface area (Å²) in [6.45, 7) is -0.216. The molecule has 8 nitrogen and oxygen atoms in total. The highest BCUT2D eigenvalue weighted by Gasteiger charge is 2.17. The van der Waals surface area contributed by atoms with Crippen molar-refractivity contribution < 1.29 is 9.53 Å². The highest BCUT2D eigenvalue weighted by atomic mass is 35.5. The number of hydrogen-bond acceptors (Lipinski definition) is 6. The first-order valence-electron chi connectivity index (χ1n) is 8.25. The quantitative estimate of drug-likeness (QED) is 0.491. The molecule has 0 saturated carbocycles. The highest BCUT2D eigenvalue weighted by Crippen LogP contribution is 2.15. The van der Waals surface area contributed by atoms with E-state index >= 15 is 0 Å². The first-order chi connectivity index (χ1) is 13.4. The number of fused-ring (bicyclic) bond motifs is 2. The average molecular weight is 397 g/mol. The Morgan fingerprint density at radius 1 is 1.14 bits per heavy atom. The minimum Gasteiger partial charge on any atom is -0.454 e. The summed E-state index contributed by atoms with van der Waals surface area (Å²) in [5.74, 6) is -0.718. The van der Waals surface area contributed by atoms with Crippen molar-refractivity contribution in [2.24, 2.45) is 7.05 Å². The van der Waals surface area contributed by atoms with Gasteiger partial charge in [-0.15, -0.1) is 0 Å². The van der Waals surface area contributed by atoms with E-state index < -0.39 is 5.97 Å². The molecule has 0 radical (unpaired) electrons. The second-order valence-corrected chi connectivity index (χ2v) is 6.50. The molecule has 0 N–H and O–H groups in total. The topological polar surface area (TPSA) is 95.6 Å². The summed E-state index contributed by atoms with van der Waals surface area (Å²) in [6.07, 6.45) is 1.46. The largest absolute Gasteiger partial charge is 0.454 e. The van der Waals surface area contributed by atoms with E-state index in [1.807, 2.05) is 0 Å². The predicted octanol–water partition coefficient (Wildman–Crippen LogP) is 1.95. The fourth-order valence-corrected chi connectivity index (χ4v) is 3.02. The van der Waals surface area contributed by atoms with Crippen molar-refractivity contribution in [2.45, 2.75) is 6.61 Å². The molecule has 0 aliphatic carbocycles. The molecule has 0 fully saturated rings. The summed E-state index contributed by atoms with van der Waals surface area (Å²) >= 11 is 5.88. The summed E-state index contributed by atoms with van der Waals surface area (Å²) in [7, 11) is 1.46. The molecule has 0 amide bonds. The highest BCUT2D eigenvalue weighted by molar-refractivity contribution is 6.30. The number of pyridine rings is 1. The number of ether oxygens (including phenoxy) is 1. The van der Waals surface area contributed by atoms with E-state index in [1.165, 1.54) is 23.7 Å². The molecule has 4 aromatic rings. The van der Waals surface area contributed by atoms with Gasteiger partial charge in [-0.25, -0.2) is 14.5 Å². The lowest BCUT2D eigenvalue weighted by Gasteiger charge is -2.09. The Bertz CT molecular complexity index is 1360. The SMILES string of the molecule is Cn1nc(C(=O)OCc2cc(=O)n3cc(Cl)ccc3n2)c2ccccc2c1=O. The molecule has 0 bridgehead atoms. The number of carbonyl (C=O) groups is 1. The lowest BCUT2D eigenvalue weighted by molar-refractivity contribution is 0.0460. The molecule has 0 aliphatic rings. The number of nitrogens with zero attached hydrogens (tertiary/aromatic N) is 4. The van der Waals surface area contributed by atoms with Gasteiger partial charge in [-0.2, -0.15) is 5.10 Å². The number of hydrogen-bond donors (Lipinski definition) is 0. The van der Waals surface area contributed by atoms with E-state index in [4.69, 9.17) is 16.3 Å². The van der Waals surface area contributed by atoms with Crippen molar-refractivity contribution >= 4 is 34.0 Å². The van der Waals surface area contributed by atoms with Gasteiger partial charge in [0.2, 0.25) is 0 Å². The molecule has 0 atom stereocenters. The summed E-state index contributed by atoms with van der Waals surface area (Å²) in [6, 6.07) is 11.1. The van der Waals surface area contributed by atoms with Crippen LogP contribution in [-0.2, 0) is 18.4 Å². The maximum absolute atomic E-state index is 12.6. The number of aryl methyl sites for hydroxylation is 1. The van der Waals surface area contributed by atoms with Gasteiger partial charge < -0.3 is 4.74 Å². The Labute approximate surface area is 162 Å². The maximum atomic E-state index is 12.6. The Morgan fingerprint density at radius 2 is 1.89 bits per heavy atom. The molecule has 140 valence electrons. The van der Waals surface area contributed by atoms with Crippen molar-refractivity contribution in [1.29, 1.82) is 0 Å². The third kappa shape index (κ3) is 3.14. The van der Waals surface area contributed by atoms with Crippen LogP contribution in [0.5, 0.6) is 0 Å². The molecule has 3 heterocycles. The van der Waals surface area contributed by atoms with Crippen LogP contribution in [0.4, 0.5) is 0 Å². The van der Waals surface area contributed by atoms with Gasteiger partial charge in [0.15, 0.2) is 5.69 Å². The third-order valence-corrected chi connectivity index (χ3v) is 4.40. The van der Waals surface area contributed by atoms with Crippen molar-refractivity contribution in [3.05, 3.63) is 85.8 Å². The van der Waals surface area contributed by atoms with Gasteiger partial charge in [0.1, 0.15) is 12.3 Å². The van der Waals surface area contributed by atoms with Crippen LogP contribution in [0.25, 0.3) is 16.4 Å². The lowest BCUT2D eigenvalue weighted by atomic mass is 10.1. The Balaban J connectivity index is 1.65. The number of rotatable bonds is 3. The summed E-state index contributed by atoms with van der Waals surface area (Å²) in [5.41, 5.74) is 0.0321. The standard InChI is InChI=1S/C19H13ClN4O4/c1-23-18(26)14-5-3-2-4-13(14)17(22-23)19(27)28-10-12-8-16(25)24-9-11(20)6-7-15(24)21-12/h2-9H,10H2,1H3. The van der Waals surface area contributed by atoms with E-state index in [1.54, 1.807) is 36.4 Å². The van der Waals surface area contributed by atoms with E-state index in [9.17, 15) is 14.4 Å². The molecule has 0 aliphatic heterocycles. The van der Waals surface area contributed by atoms with Gasteiger partial charge in [0.25, 0.3) is 11.1 Å². The maximum Gasteiger partial charge on any atom is 0.359 e. The number of aromatic nitrogens is 4. The van der Waals surface area contributed by atoms with Crippen molar-refractivity contribution in [3.8, 4) is 0 Å². The van der Waals surface area contributed by atoms with E-state index in [0.29, 0.717) is 21.4 Å². The van der Waals surface area contributed by atoms with Crippen LogP contribution in [-0.4, -0.2) is 25.1 Å². The van der Waals surface area contributed by atoms with Crippen LogP contribution in [0, 0.1) is 0 Å². The fourth-order valence-electron chi connectivity index (χ4n) is 2.86. The number of benzene rings is 1. The van der Waals surface area contributed by atoms with E-state index in [-0.39, 0.29) is 29.1 Å². The minimum absolute atomic E-state index is 0.0157. The Morgan fingerprint density at radius 3 is 2.68 bits per heavy atom. The molecule has 28 heavy (non-hydrogen) atoms. The van der Waals surface area contributed by atoms with E-state index in [0.717, 1.165) is 4.68 Å². The molecule has 0 unspecified atom stereocenters. The van der Waals surface area contributed by atoms with Gasteiger partial charge in [-0.3, -0.25) is 14.0 Å². The van der Waals surface area contributed by atoms with Crippen molar-refractivity contribution in [1.82, 2.24) is 19.2 Å². The molecule has 0 saturated heterocycles. The predicted molar refractivity (Wildman–Crippen MR) is 103 cm³/mol. The van der Waals surface area contributed by atoms with Gasteiger partial charge >= 0.3 is 5.97 Å². The lowest BCUT2D eigenvalue weighted by Crippen LogP contribution is -2.24. The molecular formula is C19H13ClN4O4. The van der Waals surface area contributed by atoms with Crippen LogP contribution in [0.1, 0.15) is 16.2 Å².